The lowest BCUT2D eigenvalue weighted by molar-refractivity contribution is -0.132. The zero-order valence-corrected chi connectivity index (χ0v) is 31.5. The number of likely N-dealkylation sites (tertiary alicyclic amines) is 1. The fourth-order valence-corrected chi connectivity index (χ4v) is 6.63. The fraction of sp³-hybridized carbons (Fsp3) is 0.250. The van der Waals surface area contributed by atoms with E-state index in [9.17, 15) is 23.2 Å². The quantitative estimate of drug-likeness (QED) is 0.167. The molecule has 7 rings (SSSR count). The number of aromatic nitrogens is 3. The van der Waals surface area contributed by atoms with Crippen molar-refractivity contribution in [2.45, 2.75) is 12.8 Å². The van der Waals surface area contributed by atoms with E-state index in [0.29, 0.717) is 49.2 Å². The van der Waals surface area contributed by atoms with E-state index in [0.717, 1.165) is 25.9 Å². The SMILES string of the molecule is Brc1nccs1.CNC(=O)c1n[nH]c2ccc(NC(=O)[C@@H]3CCN(CC(=O)N4CC=C(c5ccc(F)cc5)CC4)C3)cc12.Fc1ccc(Br)cc1. The first-order valence-electron chi connectivity index (χ1n) is 16.0. The normalized spacial score (nSPS) is 15.6. The molecule has 3 N–H and O–H groups in total. The smallest absolute Gasteiger partial charge is 0.272 e. The molecule has 0 aliphatic carbocycles. The Bertz CT molecular complexity index is 1950. The maximum atomic E-state index is 13.2. The summed E-state index contributed by atoms with van der Waals surface area (Å²) in [6, 6.07) is 17.9. The van der Waals surface area contributed by atoms with E-state index >= 15 is 0 Å². The van der Waals surface area contributed by atoms with Gasteiger partial charge in [-0.15, -0.1) is 11.3 Å². The van der Waals surface area contributed by atoms with Crippen LogP contribution in [-0.2, 0) is 9.59 Å². The Morgan fingerprint density at radius 3 is 2.31 bits per heavy atom. The summed E-state index contributed by atoms with van der Waals surface area (Å²) in [6.45, 7) is 2.61. The molecule has 3 aromatic carbocycles. The van der Waals surface area contributed by atoms with E-state index in [4.69, 9.17) is 0 Å². The van der Waals surface area contributed by atoms with Crippen molar-refractivity contribution in [2.24, 2.45) is 5.92 Å². The van der Waals surface area contributed by atoms with Gasteiger partial charge >= 0.3 is 0 Å². The molecule has 4 heterocycles. The molecule has 0 radical (unpaired) electrons. The van der Waals surface area contributed by atoms with Crippen LogP contribution in [0.15, 0.2) is 92.8 Å². The molecule has 0 saturated carbocycles. The molecule has 266 valence electrons. The highest BCUT2D eigenvalue weighted by Gasteiger charge is 2.31. The van der Waals surface area contributed by atoms with E-state index in [1.807, 2.05) is 21.3 Å². The van der Waals surface area contributed by atoms with E-state index in [2.05, 4.69) is 57.7 Å². The summed E-state index contributed by atoms with van der Waals surface area (Å²) in [6.07, 6.45) is 5.19. The number of nitrogens with zero attached hydrogens (tertiary/aromatic N) is 4. The highest BCUT2D eigenvalue weighted by atomic mass is 79.9. The lowest BCUT2D eigenvalue weighted by Gasteiger charge is -2.28. The number of hydrogen-bond donors (Lipinski definition) is 3. The number of H-pyrrole nitrogens is 1. The van der Waals surface area contributed by atoms with Gasteiger partial charge in [-0.05, 0) is 101 Å². The number of thiazole rings is 1. The average molecular weight is 844 g/mol. The third-order valence-electron chi connectivity index (χ3n) is 8.26. The largest absolute Gasteiger partial charge is 0.354 e. The van der Waals surface area contributed by atoms with Crippen LogP contribution in [0.3, 0.4) is 0 Å². The van der Waals surface area contributed by atoms with E-state index in [1.54, 1.807) is 60.0 Å². The van der Waals surface area contributed by atoms with Crippen LogP contribution in [0.5, 0.6) is 0 Å². The van der Waals surface area contributed by atoms with Crippen molar-refractivity contribution in [3.8, 4) is 0 Å². The maximum absolute atomic E-state index is 13.2. The monoisotopic (exact) mass is 841 g/mol. The Balaban J connectivity index is 0.000000298. The fourth-order valence-electron chi connectivity index (χ4n) is 5.57. The first kappa shape index (κ1) is 37.9. The van der Waals surface area contributed by atoms with Gasteiger partial charge in [-0.3, -0.25) is 24.4 Å². The zero-order valence-electron chi connectivity index (χ0n) is 27.5. The molecular formula is C36H35Br2F2N7O3S. The Morgan fingerprint density at radius 1 is 1.00 bits per heavy atom. The van der Waals surface area contributed by atoms with Crippen molar-refractivity contribution in [1.29, 1.82) is 0 Å². The molecule has 0 unspecified atom stereocenters. The second-order valence-corrected chi connectivity index (χ2v) is 14.8. The summed E-state index contributed by atoms with van der Waals surface area (Å²) in [7, 11) is 1.54. The number of benzene rings is 3. The Morgan fingerprint density at radius 2 is 1.73 bits per heavy atom. The van der Waals surface area contributed by atoms with Crippen molar-refractivity contribution < 1.29 is 23.2 Å². The molecule has 3 amide bonds. The first-order valence-corrected chi connectivity index (χ1v) is 18.5. The zero-order chi connectivity index (χ0) is 36.3. The second kappa shape index (κ2) is 18.3. The summed E-state index contributed by atoms with van der Waals surface area (Å²) in [5.41, 5.74) is 3.68. The predicted octanol–water partition coefficient (Wildman–Crippen LogP) is 7.13. The van der Waals surface area contributed by atoms with Gasteiger partial charge in [0.15, 0.2) is 9.61 Å². The Labute approximate surface area is 314 Å². The van der Waals surface area contributed by atoms with Gasteiger partial charge in [0.2, 0.25) is 11.8 Å². The third-order valence-corrected chi connectivity index (χ3v) is 10.1. The number of hydrogen-bond acceptors (Lipinski definition) is 7. The number of rotatable bonds is 6. The topological polar surface area (TPSA) is 123 Å². The van der Waals surface area contributed by atoms with Gasteiger partial charge in [0.1, 0.15) is 11.6 Å². The van der Waals surface area contributed by atoms with Crippen LogP contribution in [0, 0.1) is 17.6 Å². The molecule has 1 atom stereocenters. The van der Waals surface area contributed by atoms with Crippen LogP contribution in [0.1, 0.15) is 28.9 Å². The van der Waals surface area contributed by atoms with Crippen molar-refractivity contribution in [3.63, 3.8) is 0 Å². The number of anilines is 1. The van der Waals surface area contributed by atoms with E-state index in [1.165, 1.54) is 31.3 Å². The van der Waals surface area contributed by atoms with Crippen molar-refractivity contribution in [3.05, 3.63) is 116 Å². The van der Waals surface area contributed by atoms with Gasteiger partial charge in [-0.1, -0.05) is 34.1 Å². The lowest BCUT2D eigenvalue weighted by Crippen LogP contribution is -2.41. The minimum absolute atomic E-state index is 0.0441. The molecule has 0 spiro atoms. The predicted molar refractivity (Wildman–Crippen MR) is 202 cm³/mol. The second-order valence-electron chi connectivity index (χ2n) is 11.7. The number of nitrogens with one attached hydrogen (secondary N) is 3. The van der Waals surface area contributed by atoms with Gasteiger partial charge < -0.3 is 15.5 Å². The molecule has 10 nitrogen and oxygen atoms in total. The molecule has 2 aliphatic rings. The summed E-state index contributed by atoms with van der Waals surface area (Å²) < 4.78 is 27.1. The molecule has 51 heavy (non-hydrogen) atoms. The average Bonchev–Trinajstić information content (AvgIpc) is 3.92. The molecule has 5 aromatic rings. The number of carbonyl (C=O) groups excluding carboxylic acids is 3. The molecular weight excluding hydrogens is 808 g/mol. The number of carbonyl (C=O) groups is 3. The van der Waals surface area contributed by atoms with Gasteiger partial charge in [-0.2, -0.15) is 5.10 Å². The van der Waals surface area contributed by atoms with Gasteiger partial charge in [0, 0.05) is 53.8 Å². The molecule has 0 bridgehead atoms. The van der Waals surface area contributed by atoms with E-state index in [-0.39, 0.29) is 47.5 Å². The van der Waals surface area contributed by atoms with E-state index < -0.39 is 0 Å². The van der Waals surface area contributed by atoms with Crippen LogP contribution < -0.4 is 10.6 Å². The molecule has 2 aliphatic heterocycles. The lowest BCUT2D eigenvalue weighted by atomic mass is 9.99. The highest BCUT2D eigenvalue weighted by molar-refractivity contribution is 9.11. The van der Waals surface area contributed by atoms with Gasteiger partial charge in [0.25, 0.3) is 5.91 Å². The minimum Gasteiger partial charge on any atom is -0.354 e. The van der Waals surface area contributed by atoms with Crippen molar-refractivity contribution in [2.75, 3.05) is 45.1 Å². The summed E-state index contributed by atoms with van der Waals surface area (Å²) >= 11 is 7.95. The standard InChI is InChI=1S/C27H29FN6O3.C6H4BrF.C3H2BrNS/c1-29-27(37)25-22-14-21(6-7-23(22)31-32-25)30-26(36)19-8-11-33(15-19)16-24(35)34-12-9-18(10-13-34)17-2-4-20(28)5-3-17;7-5-1-3-6(8)4-2-5;4-3-5-1-2-6-3/h2-7,9,14,19H,8,10-13,15-16H2,1H3,(H,29,37)(H,30,36)(H,31,32);1-4H;1-2H/t19-;;/m1../s1. The molecule has 15 heteroatoms. The molecule has 2 aromatic heterocycles. The molecule has 1 fully saturated rings. The van der Waals surface area contributed by atoms with Crippen LogP contribution in [0.2, 0.25) is 0 Å². The van der Waals surface area contributed by atoms with Crippen LogP contribution >= 0.6 is 43.2 Å². The van der Waals surface area contributed by atoms with Crippen LogP contribution in [0.4, 0.5) is 14.5 Å². The van der Waals surface area contributed by atoms with Crippen molar-refractivity contribution in [1.82, 2.24) is 30.3 Å². The number of aromatic amines is 1. The first-order chi connectivity index (χ1) is 24.6. The van der Waals surface area contributed by atoms with Gasteiger partial charge in [0.05, 0.1) is 18.0 Å². The maximum Gasteiger partial charge on any atom is 0.272 e. The van der Waals surface area contributed by atoms with Gasteiger partial charge in [-0.25, -0.2) is 13.8 Å². The van der Waals surface area contributed by atoms with Crippen LogP contribution in [-0.4, -0.2) is 82.5 Å². The highest BCUT2D eigenvalue weighted by Crippen LogP contribution is 2.25. The summed E-state index contributed by atoms with van der Waals surface area (Å²) in [4.78, 5) is 45.5. The van der Waals surface area contributed by atoms with Crippen molar-refractivity contribution >= 4 is 83.1 Å². The third kappa shape index (κ3) is 10.8. The summed E-state index contributed by atoms with van der Waals surface area (Å²) in [5, 5.41) is 14.9. The van der Waals surface area contributed by atoms with Crippen LogP contribution in [0.25, 0.3) is 16.5 Å². The summed E-state index contributed by atoms with van der Waals surface area (Å²) in [5.74, 6) is -1.05. The number of fused-ring (bicyclic) bond motifs is 1. The Kier molecular flexibility index (Phi) is 13.6. The molecule has 1 saturated heterocycles. The minimum atomic E-state index is -0.304. The number of amides is 3. The Hall–Kier alpha value is -4.31. The number of halogens is 4.